The molecule has 1 heterocycles. The van der Waals surface area contributed by atoms with Crippen LogP contribution in [0.2, 0.25) is 0 Å². The molecule has 0 saturated heterocycles. The molecule has 1 saturated carbocycles. The number of rotatable bonds is 6. The number of hydrogen-bond acceptors (Lipinski definition) is 3. The number of nitrogens with one attached hydrogen (secondary N) is 2. The summed E-state index contributed by atoms with van der Waals surface area (Å²) in [5, 5.41) is 7.96. The first-order chi connectivity index (χ1) is 9.22. The van der Waals surface area contributed by atoms with Crippen molar-refractivity contribution in [1.82, 2.24) is 15.6 Å². The van der Waals surface area contributed by atoms with Crippen LogP contribution in [0.25, 0.3) is 0 Å². The lowest BCUT2D eigenvalue weighted by atomic mass is 10.4. The second kappa shape index (κ2) is 6.89. The minimum atomic E-state index is 0.615. The summed E-state index contributed by atoms with van der Waals surface area (Å²) in [6.45, 7) is 8.24. The zero-order valence-electron chi connectivity index (χ0n) is 12.1. The van der Waals surface area contributed by atoms with Gasteiger partial charge in [0.2, 0.25) is 0 Å². The van der Waals surface area contributed by atoms with Gasteiger partial charge in [-0.25, -0.2) is 4.98 Å². The summed E-state index contributed by atoms with van der Waals surface area (Å²) < 4.78 is 0. The monoisotopic (exact) mass is 280 g/mol. The van der Waals surface area contributed by atoms with E-state index in [4.69, 9.17) is 0 Å². The molecule has 5 heteroatoms. The van der Waals surface area contributed by atoms with Gasteiger partial charge < -0.3 is 10.6 Å². The van der Waals surface area contributed by atoms with E-state index in [1.165, 1.54) is 16.3 Å². The Kier molecular flexibility index (Phi) is 5.19. The molecule has 1 fully saturated rings. The molecular formula is C14H24N4S. The maximum atomic E-state index is 4.62. The molecule has 0 radical (unpaired) electrons. The third kappa shape index (κ3) is 4.49. The van der Waals surface area contributed by atoms with Gasteiger partial charge in [-0.3, -0.25) is 4.99 Å². The number of aromatic nitrogens is 1. The standard InChI is InChI=1S/C14H24N4S/c1-4-11-9-17-13(19-11)6-7-16-14(15-5-2)18-12-8-10(12)3/h9-10,12H,4-8H2,1-3H3,(H2,15,16,18). The van der Waals surface area contributed by atoms with Gasteiger partial charge >= 0.3 is 0 Å². The number of aliphatic imine (C=N–C) groups is 1. The third-order valence-electron chi connectivity index (χ3n) is 3.32. The van der Waals surface area contributed by atoms with E-state index < -0.39 is 0 Å². The van der Waals surface area contributed by atoms with Crippen LogP contribution in [0.5, 0.6) is 0 Å². The summed E-state index contributed by atoms with van der Waals surface area (Å²) in [6, 6.07) is 0.615. The lowest BCUT2D eigenvalue weighted by molar-refractivity contribution is 0.764. The molecule has 2 rings (SSSR count). The summed E-state index contributed by atoms with van der Waals surface area (Å²) in [5.41, 5.74) is 0. The Morgan fingerprint density at radius 1 is 1.53 bits per heavy atom. The first kappa shape index (κ1) is 14.3. The van der Waals surface area contributed by atoms with Crippen molar-refractivity contribution in [2.45, 2.75) is 46.1 Å². The molecule has 0 aliphatic heterocycles. The molecule has 0 bridgehead atoms. The van der Waals surface area contributed by atoms with Crippen molar-refractivity contribution >= 4 is 17.3 Å². The quantitative estimate of drug-likeness (QED) is 0.620. The number of nitrogens with zero attached hydrogens (tertiary/aromatic N) is 2. The predicted molar refractivity (Wildman–Crippen MR) is 81.9 cm³/mol. The van der Waals surface area contributed by atoms with Gasteiger partial charge in [0.05, 0.1) is 5.01 Å². The summed E-state index contributed by atoms with van der Waals surface area (Å²) in [5.74, 6) is 1.74. The Labute approximate surface area is 119 Å². The lowest BCUT2D eigenvalue weighted by Crippen LogP contribution is -2.39. The van der Waals surface area contributed by atoms with Crippen molar-refractivity contribution in [2.24, 2.45) is 10.9 Å². The minimum Gasteiger partial charge on any atom is -0.357 e. The number of thiazole rings is 1. The molecule has 1 aliphatic rings. The molecule has 1 aromatic heterocycles. The summed E-state index contributed by atoms with van der Waals surface area (Å²) in [7, 11) is 0. The van der Waals surface area contributed by atoms with E-state index in [0.717, 1.165) is 37.8 Å². The zero-order chi connectivity index (χ0) is 13.7. The maximum Gasteiger partial charge on any atom is 0.191 e. The predicted octanol–water partition coefficient (Wildman–Crippen LogP) is 2.21. The van der Waals surface area contributed by atoms with Crippen LogP contribution in [0, 0.1) is 5.92 Å². The molecule has 2 unspecified atom stereocenters. The van der Waals surface area contributed by atoms with E-state index in [2.05, 4.69) is 41.4 Å². The Morgan fingerprint density at radius 2 is 2.32 bits per heavy atom. The van der Waals surface area contributed by atoms with Crippen molar-refractivity contribution in [3.8, 4) is 0 Å². The maximum absolute atomic E-state index is 4.62. The third-order valence-corrected chi connectivity index (χ3v) is 4.52. The molecule has 2 N–H and O–H groups in total. The Morgan fingerprint density at radius 3 is 2.89 bits per heavy atom. The molecule has 0 aromatic carbocycles. The molecule has 4 nitrogen and oxygen atoms in total. The van der Waals surface area contributed by atoms with Gasteiger partial charge in [0.1, 0.15) is 0 Å². The van der Waals surface area contributed by atoms with Gasteiger partial charge in [-0.05, 0) is 25.7 Å². The average Bonchev–Trinajstić information content (AvgIpc) is 2.92. The number of aryl methyl sites for hydroxylation is 1. The van der Waals surface area contributed by atoms with Crippen molar-refractivity contribution in [1.29, 1.82) is 0 Å². The topological polar surface area (TPSA) is 49.3 Å². The van der Waals surface area contributed by atoms with E-state index in [1.54, 1.807) is 11.3 Å². The van der Waals surface area contributed by atoms with Gasteiger partial charge in [-0.15, -0.1) is 11.3 Å². The Hall–Kier alpha value is -1.10. The minimum absolute atomic E-state index is 0.615. The van der Waals surface area contributed by atoms with Gasteiger partial charge in [0.15, 0.2) is 5.96 Å². The fourth-order valence-corrected chi connectivity index (χ4v) is 2.76. The summed E-state index contributed by atoms with van der Waals surface area (Å²) in [6.07, 6.45) is 5.25. The highest BCUT2D eigenvalue weighted by atomic mass is 32.1. The van der Waals surface area contributed by atoms with Crippen LogP contribution in [0.3, 0.4) is 0 Å². The number of guanidine groups is 1. The van der Waals surface area contributed by atoms with Gasteiger partial charge in [0, 0.05) is 36.6 Å². The van der Waals surface area contributed by atoms with Crippen molar-refractivity contribution in [2.75, 3.05) is 13.1 Å². The van der Waals surface area contributed by atoms with Crippen molar-refractivity contribution in [3.05, 3.63) is 16.1 Å². The van der Waals surface area contributed by atoms with Gasteiger partial charge in [0.25, 0.3) is 0 Å². The van der Waals surface area contributed by atoms with Crippen molar-refractivity contribution < 1.29 is 0 Å². The molecule has 0 amide bonds. The highest BCUT2D eigenvalue weighted by molar-refractivity contribution is 7.11. The molecule has 1 aromatic rings. The molecule has 1 aliphatic carbocycles. The highest BCUT2D eigenvalue weighted by Gasteiger charge is 2.33. The van der Waals surface area contributed by atoms with E-state index in [0.29, 0.717) is 6.04 Å². The van der Waals surface area contributed by atoms with Gasteiger partial charge in [-0.1, -0.05) is 13.8 Å². The summed E-state index contributed by atoms with van der Waals surface area (Å²) in [4.78, 5) is 10.4. The van der Waals surface area contributed by atoms with Gasteiger partial charge in [-0.2, -0.15) is 0 Å². The van der Waals surface area contributed by atoms with E-state index in [-0.39, 0.29) is 0 Å². The van der Waals surface area contributed by atoms with Crippen LogP contribution in [0.1, 0.15) is 37.1 Å². The van der Waals surface area contributed by atoms with Crippen LogP contribution in [0.4, 0.5) is 0 Å². The molecular weight excluding hydrogens is 256 g/mol. The molecule has 0 spiro atoms. The van der Waals surface area contributed by atoms with Crippen LogP contribution < -0.4 is 10.6 Å². The average molecular weight is 280 g/mol. The van der Waals surface area contributed by atoms with Crippen LogP contribution >= 0.6 is 11.3 Å². The van der Waals surface area contributed by atoms with Crippen molar-refractivity contribution in [3.63, 3.8) is 0 Å². The Balaban J connectivity index is 1.80. The second-order valence-electron chi connectivity index (χ2n) is 5.05. The van der Waals surface area contributed by atoms with E-state index in [1.807, 2.05) is 6.20 Å². The largest absolute Gasteiger partial charge is 0.357 e. The number of hydrogen-bond donors (Lipinski definition) is 2. The van der Waals surface area contributed by atoms with E-state index >= 15 is 0 Å². The molecule has 2 atom stereocenters. The Bertz CT molecular complexity index is 427. The smallest absolute Gasteiger partial charge is 0.191 e. The highest BCUT2D eigenvalue weighted by Crippen LogP contribution is 2.28. The van der Waals surface area contributed by atoms with E-state index in [9.17, 15) is 0 Å². The second-order valence-corrected chi connectivity index (χ2v) is 6.25. The fourth-order valence-electron chi connectivity index (χ4n) is 1.91. The lowest BCUT2D eigenvalue weighted by Gasteiger charge is -2.10. The zero-order valence-corrected chi connectivity index (χ0v) is 12.9. The first-order valence-corrected chi connectivity index (χ1v) is 8.03. The molecule has 19 heavy (non-hydrogen) atoms. The summed E-state index contributed by atoms with van der Waals surface area (Å²) >= 11 is 1.80. The first-order valence-electron chi connectivity index (χ1n) is 7.21. The normalized spacial score (nSPS) is 22.4. The fraction of sp³-hybridized carbons (Fsp3) is 0.714. The molecule has 106 valence electrons. The SMILES string of the molecule is CCNC(=NCCc1ncc(CC)s1)NC1CC1C. The van der Waals surface area contributed by atoms with Crippen LogP contribution in [0.15, 0.2) is 11.2 Å². The van der Waals surface area contributed by atoms with Crippen LogP contribution in [-0.2, 0) is 12.8 Å². The van der Waals surface area contributed by atoms with Crippen LogP contribution in [-0.4, -0.2) is 30.1 Å².